The normalized spacial score (nSPS) is 13.6. The fraction of sp³-hybridized carbons (Fsp3) is 0.286. The van der Waals surface area contributed by atoms with Crippen molar-refractivity contribution in [3.8, 4) is 0 Å². The standard InChI is InChI=1S/C14H16BrNO3S2/c1-10(17)12-4-3-5-13(7-12)21(18,19)16(2)8-11-6-14(15)20-9-11/h3-7,9-10,17H,8H2,1-2H3. The summed E-state index contributed by atoms with van der Waals surface area (Å²) in [6.07, 6.45) is -0.696. The minimum Gasteiger partial charge on any atom is -0.389 e. The van der Waals surface area contributed by atoms with Gasteiger partial charge in [-0.1, -0.05) is 12.1 Å². The lowest BCUT2D eigenvalue weighted by atomic mass is 10.1. The summed E-state index contributed by atoms with van der Waals surface area (Å²) >= 11 is 4.89. The third-order valence-electron chi connectivity index (χ3n) is 3.08. The van der Waals surface area contributed by atoms with Crippen LogP contribution in [-0.4, -0.2) is 24.9 Å². The fourth-order valence-electron chi connectivity index (χ4n) is 1.89. The molecule has 0 aliphatic rings. The highest BCUT2D eigenvalue weighted by molar-refractivity contribution is 9.11. The molecule has 1 heterocycles. The molecule has 1 N–H and O–H groups in total. The van der Waals surface area contributed by atoms with Gasteiger partial charge in [0.1, 0.15) is 0 Å². The number of sulfonamides is 1. The molecule has 1 aromatic carbocycles. The van der Waals surface area contributed by atoms with E-state index in [0.29, 0.717) is 12.1 Å². The van der Waals surface area contributed by atoms with Crippen molar-refractivity contribution in [2.75, 3.05) is 7.05 Å². The summed E-state index contributed by atoms with van der Waals surface area (Å²) < 4.78 is 27.4. The summed E-state index contributed by atoms with van der Waals surface area (Å²) in [5.41, 5.74) is 1.52. The number of hydrogen-bond donors (Lipinski definition) is 1. The molecule has 2 aromatic rings. The summed E-state index contributed by atoms with van der Waals surface area (Å²) in [6.45, 7) is 1.92. The van der Waals surface area contributed by atoms with Gasteiger partial charge in [-0.2, -0.15) is 4.31 Å². The third-order valence-corrected chi connectivity index (χ3v) is 6.43. The average Bonchev–Trinajstić information content (AvgIpc) is 2.84. The first kappa shape index (κ1) is 16.6. The Morgan fingerprint density at radius 2 is 2.10 bits per heavy atom. The molecule has 1 aromatic heterocycles. The Morgan fingerprint density at radius 1 is 1.38 bits per heavy atom. The van der Waals surface area contributed by atoms with E-state index >= 15 is 0 Å². The number of aliphatic hydroxyl groups excluding tert-OH is 1. The van der Waals surface area contributed by atoms with E-state index in [1.807, 2.05) is 11.4 Å². The van der Waals surface area contributed by atoms with Gasteiger partial charge in [-0.15, -0.1) is 11.3 Å². The van der Waals surface area contributed by atoms with Crippen LogP contribution in [-0.2, 0) is 16.6 Å². The van der Waals surface area contributed by atoms with E-state index in [4.69, 9.17) is 0 Å². The maximum absolute atomic E-state index is 12.6. The van der Waals surface area contributed by atoms with Crippen molar-refractivity contribution in [1.29, 1.82) is 0 Å². The molecule has 1 unspecified atom stereocenters. The van der Waals surface area contributed by atoms with E-state index in [0.717, 1.165) is 9.35 Å². The van der Waals surface area contributed by atoms with E-state index in [2.05, 4.69) is 15.9 Å². The highest BCUT2D eigenvalue weighted by atomic mass is 79.9. The number of nitrogens with zero attached hydrogens (tertiary/aromatic N) is 1. The van der Waals surface area contributed by atoms with Gasteiger partial charge >= 0.3 is 0 Å². The lowest BCUT2D eigenvalue weighted by Crippen LogP contribution is -2.26. The van der Waals surface area contributed by atoms with Crippen LogP contribution >= 0.6 is 27.3 Å². The third kappa shape index (κ3) is 3.92. The number of benzene rings is 1. The van der Waals surface area contributed by atoms with Crippen molar-refractivity contribution in [1.82, 2.24) is 4.31 Å². The number of hydrogen-bond acceptors (Lipinski definition) is 4. The largest absolute Gasteiger partial charge is 0.389 e. The maximum Gasteiger partial charge on any atom is 0.243 e. The first-order valence-electron chi connectivity index (χ1n) is 6.28. The molecule has 114 valence electrons. The first-order chi connectivity index (χ1) is 9.80. The predicted molar refractivity (Wildman–Crippen MR) is 87.7 cm³/mol. The van der Waals surface area contributed by atoms with Crippen molar-refractivity contribution in [2.45, 2.75) is 24.5 Å². The molecule has 0 fully saturated rings. The van der Waals surface area contributed by atoms with Crippen LogP contribution < -0.4 is 0 Å². The number of aliphatic hydroxyl groups is 1. The highest BCUT2D eigenvalue weighted by Gasteiger charge is 2.22. The van der Waals surface area contributed by atoms with Crippen LogP contribution in [0.2, 0.25) is 0 Å². The van der Waals surface area contributed by atoms with Gasteiger partial charge in [0, 0.05) is 13.6 Å². The fourth-order valence-corrected chi connectivity index (χ4v) is 4.30. The zero-order valence-corrected chi connectivity index (χ0v) is 14.9. The van der Waals surface area contributed by atoms with Gasteiger partial charge in [0.2, 0.25) is 10.0 Å². The lowest BCUT2D eigenvalue weighted by molar-refractivity contribution is 0.199. The van der Waals surface area contributed by atoms with Gasteiger partial charge in [0.15, 0.2) is 0 Å². The Bertz CT molecular complexity index is 725. The summed E-state index contributed by atoms with van der Waals surface area (Å²) in [6, 6.07) is 8.31. The molecule has 0 spiro atoms. The monoisotopic (exact) mass is 389 g/mol. The predicted octanol–water partition coefficient (Wildman–Crippen LogP) is 3.38. The molecule has 7 heteroatoms. The molecule has 0 radical (unpaired) electrons. The average molecular weight is 390 g/mol. The topological polar surface area (TPSA) is 57.6 Å². The maximum atomic E-state index is 12.6. The summed E-state index contributed by atoms with van der Waals surface area (Å²) in [5, 5.41) is 11.5. The van der Waals surface area contributed by atoms with E-state index in [9.17, 15) is 13.5 Å². The summed E-state index contributed by atoms with van der Waals surface area (Å²) in [7, 11) is -2.02. The molecule has 21 heavy (non-hydrogen) atoms. The van der Waals surface area contributed by atoms with Crippen molar-refractivity contribution in [2.24, 2.45) is 0 Å². The zero-order valence-electron chi connectivity index (χ0n) is 11.7. The Hall–Kier alpha value is -0.730. The quantitative estimate of drug-likeness (QED) is 0.852. The van der Waals surface area contributed by atoms with Gasteiger partial charge < -0.3 is 5.11 Å². The molecule has 0 aliphatic carbocycles. The molecule has 4 nitrogen and oxygen atoms in total. The first-order valence-corrected chi connectivity index (χ1v) is 9.39. The van der Waals surface area contributed by atoms with E-state index in [1.54, 1.807) is 32.2 Å². The van der Waals surface area contributed by atoms with Gasteiger partial charge in [-0.25, -0.2) is 8.42 Å². The molecule has 1 atom stereocenters. The molecule has 2 rings (SSSR count). The van der Waals surface area contributed by atoms with E-state index < -0.39 is 16.1 Å². The van der Waals surface area contributed by atoms with Crippen molar-refractivity contribution in [3.63, 3.8) is 0 Å². The summed E-state index contributed by atoms with van der Waals surface area (Å²) in [5.74, 6) is 0. The van der Waals surface area contributed by atoms with Crippen LogP contribution in [0.3, 0.4) is 0 Å². The van der Waals surface area contributed by atoms with Crippen molar-refractivity contribution >= 4 is 37.3 Å². The second-order valence-electron chi connectivity index (χ2n) is 4.77. The molecule has 0 saturated heterocycles. The SMILES string of the molecule is CC(O)c1cccc(S(=O)(=O)N(C)Cc2csc(Br)c2)c1. The Morgan fingerprint density at radius 3 is 2.67 bits per heavy atom. The zero-order chi connectivity index (χ0) is 15.6. The second-order valence-corrected chi connectivity index (χ2v) is 9.10. The van der Waals surface area contributed by atoms with Gasteiger partial charge in [0.25, 0.3) is 0 Å². The number of halogens is 1. The molecule has 0 amide bonds. The Kier molecular flexibility index (Phi) is 5.21. The van der Waals surface area contributed by atoms with Crippen LogP contribution in [0.5, 0.6) is 0 Å². The Labute approximate surface area is 137 Å². The van der Waals surface area contributed by atoms with Crippen molar-refractivity contribution < 1.29 is 13.5 Å². The molecular formula is C14H16BrNO3S2. The van der Waals surface area contributed by atoms with Crippen LogP contribution in [0.15, 0.2) is 44.4 Å². The molecule has 0 aliphatic heterocycles. The minimum absolute atomic E-state index is 0.192. The van der Waals surface area contributed by atoms with E-state index in [-0.39, 0.29) is 4.90 Å². The molecular weight excluding hydrogens is 374 g/mol. The highest BCUT2D eigenvalue weighted by Crippen LogP contribution is 2.24. The Balaban J connectivity index is 2.26. The van der Waals surface area contributed by atoms with Gasteiger partial charge in [-0.3, -0.25) is 0 Å². The van der Waals surface area contributed by atoms with Crippen LogP contribution in [0, 0.1) is 0 Å². The van der Waals surface area contributed by atoms with Gasteiger partial charge in [0.05, 0.1) is 14.8 Å². The van der Waals surface area contributed by atoms with E-state index in [1.165, 1.54) is 21.7 Å². The molecule has 0 saturated carbocycles. The van der Waals surface area contributed by atoms with Crippen molar-refractivity contribution in [3.05, 3.63) is 50.6 Å². The molecule has 0 bridgehead atoms. The smallest absolute Gasteiger partial charge is 0.243 e. The van der Waals surface area contributed by atoms with Crippen LogP contribution in [0.4, 0.5) is 0 Å². The van der Waals surface area contributed by atoms with Gasteiger partial charge in [-0.05, 0) is 57.6 Å². The lowest BCUT2D eigenvalue weighted by Gasteiger charge is -2.17. The second kappa shape index (κ2) is 6.58. The number of rotatable bonds is 5. The van der Waals surface area contributed by atoms with Crippen LogP contribution in [0.1, 0.15) is 24.2 Å². The number of thiophene rings is 1. The van der Waals surface area contributed by atoms with Crippen LogP contribution in [0.25, 0.3) is 0 Å². The summed E-state index contributed by atoms with van der Waals surface area (Å²) in [4.78, 5) is 0.192. The minimum atomic E-state index is -3.57.